The minimum Gasteiger partial charge on any atom is -0.494 e. The van der Waals surface area contributed by atoms with Crippen LogP contribution in [0.25, 0.3) is 0 Å². The number of likely N-dealkylation sites (tertiary alicyclic amines) is 1. The topological polar surface area (TPSA) is 67.8 Å². The second-order valence-corrected chi connectivity index (χ2v) is 8.52. The number of piperidine rings is 1. The third-order valence-electron chi connectivity index (χ3n) is 5.04. The van der Waals surface area contributed by atoms with Gasteiger partial charge in [-0.05, 0) is 45.7 Å². The van der Waals surface area contributed by atoms with Gasteiger partial charge in [-0.25, -0.2) is 9.78 Å². The molecule has 7 nitrogen and oxygen atoms in total. The van der Waals surface area contributed by atoms with E-state index in [0.717, 1.165) is 12.3 Å². The van der Waals surface area contributed by atoms with Crippen LogP contribution in [0.15, 0.2) is 36.8 Å². The fourth-order valence-electron chi connectivity index (χ4n) is 3.56. The summed E-state index contributed by atoms with van der Waals surface area (Å²) in [5.74, 6) is 0.872. The van der Waals surface area contributed by atoms with Crippen molar-refractivity contribution in [2.45, 2.75) is 51.4 Å². The summed E-state index contributed by atoms with van der Waals surface area (Å²) in [6.45, 7) is 6.32. The lowest BCUT2D eigenvalue weighted by atomic mass is 10.0. The van der Waals surface area contributed by atoms with Gasteiger partial charge in [-0.3, -0.25) is 4.98 Å². The van der Waals surface area contributed by atoms with Gasteiger partial charge in [0.1, 0.15) is 22.9 Å². The highest BCUT2D eigenvalue weighted by molar-refractivity contribution is 5.69. The summed E-state index contributed by atoms with van der Waals surface area (Å²) in [6.07, 6.45) is 0.279. The van der Waals surface area contributed by atoms with Gasteiger partial charge in [-0.15, -0.1) is 0 Å². The maximum atomic E-state index is 13.0. The maximum Gasteiger partial charge on any atom is 0.417 e. The van der Waals surface area contributed by atoms with E-state index in [1.807, 2.05) is 25.7 Å². The average Bonchev–Trinajstić information content (AvgIpc) is 2.73. The summed E-state index contributed by atoms with van der Waals surface area (Å²) >= 11 is 0. The molecular formula is C22H27F3N4O3. The second-order valence-electron chi connectivity index (χ2n) is 8.52. The number of amides is 1. The molecule has 0 aliphatic carbocycles. The molecule has 1 aliphatic heterocycles. The summed E-state index contributed by atoms with van der Waals surface area (Å²) in [7, 11) is 1.52. The number of hydrogen-bond donors (Lipinski definition) is 0. The van der Waals surface area contributed by atoms with Crippen molar-refractivity contribution in [3.8, 4) is 5.75 Å². The van der Waals surface area contributed by atoms with Crippen LogP contribution < -0.4 is 9.64 Å². The van der Waals surface area contributed by atoms with Crippen molar-refractivity contribution in [1.82, 2.24) is 14.9 Å². The van der Waals surface area contributed by atoms with Crippen LogP contribution in [0.5, 0.6) is 5.75 Å². The smallest absolute Gasteiger partial charge is 0.417 e. The lowest BCUT2D eigenvalue weighted by Gasteiger charge is -2.39. The number of ether oxygens (including phenoxy) is 2. The third kappa shape index (κ3) is 5.60. The minimum absolute atomic E-state index is 0.129. The van der Waals surface area contributed by atoms with Crippen LogP contribution >= 0.6 is 0 Å². The lowest BCUT2D eigenvalue weighted by Crippen LogP contribution is -2.47. The minimum atomic E-state index is -4.47. The van der Waals surface area contributed by atoms with Gasteiger partial charge >= 0.3 is 12.3 Å². The first-order chi connectivity index (χ1) is 15.0. The molecule has 2 aromatic rings. The number of nitrogens with zero attached hydrogens (tertiary/aromatic N) is 4. The van der Waals surface area contributed by atoms with Gasteiger partial charge in [0.2, 0.25) is 0 Å². The summed E-state index contributed by atoms with van der Waals surface area (Å²) in [5, 5.41) is 0. The molecule has 0 atom stereocenters. The molecule has 1 fully saturated rings. The Morgan fingerprint density at radius 1 is 1.12 bits per heavy atom. The van der Waals surface area contributed by atoms with Gasteiger partial charge in [0, 0.05) is 37.6 Å². The highest BCUT2D eigenvalue weighted by Gasteiger charge is 2.34. The first-order valence-electron chi connectivity index (χ1n) is 10.3. The number of hydrogen-bond acceptors (Lipinski definition) is 6. The van der Waals surface area contributed by atoms with Crippen molar-refractivity contribution in [1.29, 1.82) is 0 Å². The molecular weight excluding hydrogens is 425 g/mol. The van der Waals surface area contributed by atoms with Crippen molar-refractivity contribution in [2.75, 3.05) is 25.1 Å². The number of rotatable bonds is 4. The van der Waals surface area contributed by atoms with Crippen molar-refractivity contribution < 1.29 is 27.4 Å². The lowest BCUT2D eigenvalue weighted by molar-refractivity contribution is -0.137. The van der Waals surface area contributed by atoms with Crippen molar-refractivity contribution >= 4 is 17.6 Å². The Balaban J connectivity index is 1.87. The highest BCUT2D eigenvalue weighted by Crippen LogP contribution is 2.37. The SMILES string of the molecule is COc1ccncc1N(c1ccc(C(F)(F)F)cn1)C1CCN(C(=O)OC(C)(C)C)CC1. The fourth-order valence-corrected chi connectivity index (χ4v) is 3.56. The highest BCUT2D eigenvalue weighted by atomic mass is 19.4. The molecule has 1 saturated heterocycles. The third-order valence-corrected chi connectivity index (χ3v) is 5.04. The van der Waals surface area contributed by atoms with Crippen LogP contribution in [0.2, 0.25) is 0 Å². The molecule has 0 radical (unpaired) electrons. The fraction of sp³-hybridized carbons (Fsp3) is 0.500. The van der Waals surface area contributed by atoms with Gasteiger partial charge in [0.15, 0.2) is 0 Å². The van der Waals surface area contributed by atoms with Gasteiger partial charge in [-0.1, -0.05) is 0 Å². The first-order valence-corrected chi connectivity index (χ1v) is 10.3. The van der Waals surface area contributed by atoms with E-state index in [-0.39, 0.29) is 12.1 Å². The van der Waals surface area contributed by atoms with E-state index in [2.05, 4.69) is 9.97 Å². The predicted octanol–water partition coefficient (Wildman–Crippen LogP) is 5.04. The van der Waals surface area contributed by atoms with Gasteiger partial charge in [0.05, 0.1) is 18.9 Å². The average molecular weight is 452 g/mol. The number of carbonyl (C=O) groups is 1. The second kappa shape index (κ2) is 9.22. The number of pyridine rings is 2. The molecule has 32 heavy (non-hydrogen) atoms. The largest absolute Gasteiger partial charge is 0.494 e. The molecule has 0 unspecified atom stereocenters. The molecule has 0 N–H and O–H groups in total. The maximum absolute atomic E-state index is 13.0. The summed E-state index contributed by atoms with van der Waals surface area (Å²) < 4.78 is 50.0. The van der Waals surface area contributed by atoms with Crippen molar-refractivity contribution in [2.24, 2.45) is 0 Å². The standard InChI is InChI=1S/C22H27F3N4O3/c1-21(2,3)32-20(30)28-11-8-16(9-12-28)29(17-14-26-10-7-18(17)31-4)19-6-5-15(13-27-19)22(23,24)25/h5-7,10,13-14,16H,8-9,11-12H2,1-4H3. The van der Waals surface area contributed by atoms with Crippen LogP contribution in [0.4, 0.5) is 29.5 Å². The molecule has 0 spiro atoms. The number of anilines is 2. The zero-order valence-corrected chi connectivity index (χ0v) is 18.5. The van der Waals surface area contributed by atoms with Crippen molar-refractivity contribution in [3.63, 3.8) is 0 Å². The molecule has 0 saturated carbocycles. The summed E-state index contributed by atoms with van der Waals surface area (Å²) in [6, 6.07) is 3.90. The Morgan fingerprint density at radius 3 is 2.34 bits per heavy atom. The quantitative estimate of drug-likeness (QED) is 0.647. The number of alkyl halides is 3. The van der Waals surface area contributed by atoms with E-state index in [9.17, 15) is 18.0 Å². The normalized spacial score (nSPS) is 15.4. The molecule has 10 heteroatoms. The Bertz CT molecular complexity index is 921. The molecule has 1 amide bonds. The van der Waals surface area contributed by atoms with E-state index in [0.29, 0.717) is 43.2 Å². The Labute approximate surface area is 185 Å². The Kier molecular flexibility index (Phi) is 6.80. The van der Waals surface area contributed by atoms with Crippen LogP contribution in [-0.4, -0.2) is 52.8 Å². The first kappa shape index (κ1) is 23.6. The molecule has 1 aliphatic rings. The van der Waals surface area contributed by atoms with E-state index in [4.69, 9.17) is 9.47 Å². The number of carbonyl (C=O) groups excluding carboxylic acids is 1. The van der Waals surface area contributed by atoms with E-state index in [1.165, 1.54) is 13.2 Å². The Hall–Kier alpha value is -3.04. The molecule has 3 rings (SSSR count). The molecule has 0 aromatic carbocycles. The molecule has 2 aromatic heterocycles. The van der Waals surface area contributed by atoms with Crippen molar-refractivity contribution in [3.05, 3.63) is 42.4 Å². The van der Waals surface area contributed by atoms with Gasteiger partial charge in [-0.2, -0.15) is 13.2 Å². The summed E-state index contributed by atoms with van der Waals surface area (Å²) in [5.41, 5.74) is -0.815. The summed E-state index contributed by atoms with van der Waals surface area (Å²) in [4.78, 5) is 24.1. The Morgan fingerprint density at radius 2 is 1.81 bits per heavy atom. The molecule has 3 heterocycles. The van der Waals surface area contributed by atoms with Crippen LogP contribution in [0.3, 0.4) is 0 Å². The zero-order chi connectivity index (χ0) is 23.5. The monoisotopic (exact) mass is 452 g/mol. The van der Waals surface area contributed by atoms with Gasteiger partial charge < -0.3 is 19.3 Å². The molecule has 0 bridgehead atoms. The number of aromatic nitrogens is 2. The number of methoxy groups -OCH3 is 1. The van der Waals surface area contributed by atoms with Crippen LogP contribution in [0, 0.1) is 0 Å². The molecule has 174 valence electrons. The van der Waals surface area contributed by atoms with Crippen LogP contribution in [-0.2, 0) is 10.9 Å². The van der Waals surface area contributed by atoms with Crippen LogP contribution in [0.1, 0.15) is 39.2 Å². The predicted molar refractivity (Wildman–Crippen MR) is 113 cm³/mol. The zero-order valence-electron chi connectivity index (χ0n) is 18.5. The van der Waals surface area contributed by atoms with E-state index in [1.54, 1.807) is 23.4 Å². The van der Waals surface area contributed by atoms with E-state index >= 15 is 0 Å². The van der Waals surface area contributed by atoms with Gasteiger partial charge in [0.25, 0.3) is 0 Å². The van der Waals surface area contributed by atoms with E-state index < -0.39 is 17.3 Å². The number of halogens is 3.